The van der Waals surface area contributed by atoms with E-state index in [-0.39, 0.29) is 38.6 Å². The summed E-state index contributed by atoms with van der Waals surface area (Å²) in [6.45, 7) is 10.1. The van der Waals surface area contributed by atoms with Crippen LogP contribution in [0.5, 0.6) is 0 Å². The van der Waals surface area contributed by atoms with Crippen molar-refractivity contribution in [3.8, 4) is 0 Å². The van der Waals surface area contributed by atoms with Crippen molar-refractivity contribution >= 4 is 11.9 Å². The van der Waals surface area contributed by atoms with Gasteiger partial charge in [0.15, 0.2) is 0 Å². The van der Waals surface area contributed by atoms with E-state index < -0.39 is 17.5 Å². The number of ether oxygens (including phenoxy) is 3. The van der Waals surface area contributed by atoms with Crippen molar-refractivity contribution in [3.63, 3.8) is 0 Å². The summed E-state index contributed by atoms with van der Waals surface area (Å²) >= 11 is 0. The van der Waals surface area contributed by atoms with Gasteiger partial charge in [-0.3, -0.25) is 0 Å². The fraction of sp³-hybridized carbons (Fsp3) is 0.895. The minimum atomic E-state index is -1.79. The monoisotopic (exact) mass is 373 g/mol. The van der Waals surface area contributed by atoms with Gasteiger partial charge >= 0.3 is 11.9 Å². The summed E-state index contributed by atoms with van der Waals surface area (Å²) in [4.78, 5) is 27.5. The van der Waals surface area contributed by atoms with Crippen molar-refractivity contribution in [2.45, 2.75) is 65.0 Å². The van der Waals surface area contributed by atoms with Crippen LogP contribution in [0.3, 0.4) is 0 Å². The molecule has 1 aliphatic rings. The highest BCUT2D eigenvalue weighted by Gasteiger charge is 2.50. The summed E-state index contributed by atoms with van der Waals surface area (Å²) < 4.78 is 16.1. The Balaban J connectivity index is 2.82. The Labute approximate surface area is 157 Å². The molecule has 7 heteroatoms. The van der Waals surface area contributed by atoms with Gasteiger partial charge in [-0.15, -0.1) is 0 Å². The van der Waals surface area contributed by atoms with Gasteiger partial charge in [0.05, 0.1) is 19.8 Å². The average molecular weight is 373 g/mol. The standard InChI is InChI=1S/C19H35NO6/c1-5-24-17(22)19(10-7-13-21,18(23)25-6-2)26-14-16-8-11-20(12-9-16)15(3)4/h15-16,21H,5-14H2,1-4H3. The van der Waals surface area contributed by atoms with Gasteiger partial charge in [-0.1, -0.05) is 0 Å². The van der Waals surface area contributed by atoms with Gasteiger partial charge < -0.3 is 24.2 Å². The molecule has 0 aromatic rings. The Morgan fingerprint density at radius 2 is 1.65 bits per heavy atom. The van der Waals surface area contributed by atoms with Crippen LogP contribution >= 0.6 is 0 Å². The van der Waals surface area contributed by atoms with Crippen LogP contribution in [-0.4, -0.2) is 73.1 Å². The SMILES string of the molecule is CCOC(=O)C(CCCO)(OCC1CCN(C(C)C)CC1)C(=O)OCC. The number of likely N-dealkylation sites (tertiary alicyclic amines) is 1. The van der Waals surface area contributed by atoms with E-state index in [0.717, 1.165) is 25.9 Å². The van der Waals surface area contributed by atoms with E-state index >= 15 is 0 Å². The maximum Gasteiger partial charge on any atom is 0.350 e. The minimum Gasteiger partial charge on any atom is -0.463 e. The fourth-order valence-electron chi connectivity index (χ4n) is 3.20. The van der Waals surface area contributed by atoms with Gasteiger partial charge in [-0.25, -0.2) is 9.59 Å². The molecule has 0 spiro atoms. The second kappa shape index (κ2) is 11.5. The van der Waals surface area contributed by atoms with Crippen LogP contribution in [0.25, 0.3) is 0 Å². The van der Waals surface area contributed by atoms with Gasteiger partial charge in [0, 0.05) is 19.1 Å². The Bertz CT molecular complexity index is 414. The van der Waals surface area contributed by atoms with Crippen molar-refractivity contribution < 1.29 is 28.9 Å². The zero-order valence-corrected chi connectivity index (χ0v) is 16.7. The van der Waals surface area contributed by atoms with E-state index in [1.165, 1.54) is 0 Å². The number of esters is 2. The fourth-order valence-corrected chi connectivity index (χ4v) is 3.20. The molecule has 0 saturated carbocycles. The Morgan fingerprint density at radius 1 is 1.12 bits per heavy atom. The molecule has 0 aromatic carbocycles. The molecule has 1 N–H and O–H groups in total. The molecule has 1 fully saturated rings. The average Bonchev–Trinajstić information content (AvgIpc) is 2.62. The molecular weight excluding hydrogens is 338 g/mol. The van der Waals surface area contributed by atoms with Crippen LogP contribution in [0.15, 0.2) is 0 Å². The number of carbonyl (C=O) groups is 2. The van der Waals surface area contributed by atoms with Crippen LogP contribution < -0.4 is 0 Å². The van der Waals surface area contributed by atoms with Crippen LogP contribution in [0.1, 0.15) is 53.4 Å². The van der Waals surface area contributed by atoms with Crippen LogP contribution in [0.2, 0.25) is 0 Å². The third kappa shape index (κ3) is 6.21. The number of aliphatic hydroxyl groups excluding tert-OH is 1. The van der Waals surface area contributed by atoms with Crippen molar-refractivity contribution in [1.82, 2.24) is 4.90 Å². The van der Waals surface area contributed by atoms with E-state index in [2.05, 4.69) is 18.7 Å². The van der Waals surface area contributed by atoms with E-state index in [9.17, 15) is 14.7 Å². The highest BCUT2D eigenvalue weighted by Crippen LogP contribution is 2.27. The van der Waals surface area contributed by atoms with Crippen LogP contribution in [-0.2, 0) is 23.8 Å². The number of nitrogens with zero attached hydrogens (tertiary/aromatic N) is 1. The molecule has 0 radical (unpaired) electrons. The summed E-state index contributed by atoms with van der Waals surface area (Å²) in [5, 5.41) is 9.19. The summed E-state index contributed by atoms with van der Waals surface area (Å²) in [5.41, 5.74) is -1.79. The molecule has 1 heterocycles. The number of aliphatic hydroxyl groups is 1. The van der Waals surface area contributed by atoms with Gasteiger partial charge in [-0.05, 0) is 66.0 Å². The smallest absolute Gasteiger partial charge is 0.350 e. The lowest BCUT2D eigenvalue weighted by atomic mass is 9.94. The molecule has 7 nitrogen and oxygen atoms in total. The van der Waals surface area contributed by atoms with E-state index in [1.807, 2.05) is 0 Å². The van der Waals surface area contributed by atoms with Crippen molar-refractivity contribution in [1.29, 1.82) is 0 Å². The van der Waals surface area contributed by atoms with Crippen molar-refractivity contribution in [2.24, 2.45) is 5.92 Å². The zero-order valence-electron chi connectivity index (χ0n) is 16.7. The number of carbonyl (C=O) groups excluding carboxylic acids is 2. The topological polar surface area (TPSA) is 85.3 Å². The highest BCUT2D eigenvalue weighted by molar-refractivity contribution is 6.03. The zero-order chi connectivity index (χ0) is 19.6. The van der Waals surface area contributed by atoms with Gasteiger partial charge in [0.1, 0.15) is 0 Å². The minimum absolute atomic E-state index is 0.0476. The Kier molecular flexibility index (Phi) is 10.1. The molecule has 152 valence electrons. The molecule has 1 saturated heterocycles. The first-order chi connectivity index (χ1) is 12.4. The molecule has 0 bridgehead atoms. The molecule has 26 heavy (non-hydrogen) atoms. The number of hydrogen-bond acceptors (Lipinski definition) is 7. The van der Waals surface area contributed by atoms with Crippen LogP contribution in [0, 0.1) is 5.92 Å². The van der Waals surface area contributed by atoms with Gasteiger partial charge in [-0.2, -0.15) is 0 Å². The largest absolute Gasteiger partial charge is 0.463 e. The van der Waals surface area contributed by atoms with Crippen molar-refractivity contribution in [2.75, 3.05) is 39.5 Å². The number of piperidine rings is 1. The molecule has 0 atom stereocenters. The van der Waals surface area contributed by atoms with Crippen molar-refractivity contribution in [3.05, 3.63) is 0 Å². The predicted molar refractivity (Wildman–Crippen MR) is 97.7 cm³/mol. The Morgan fingerprint density at radius 3 is 2.08 bits per heavy atom. The molecule has 0 unspecified atom stereocenters. The molecule has 0 amide bonds. The molecule has 0 aliphatic carbocycles. The lowest BCUT2D eigenvalue weighted by molar-refractivity contribution is -0.194. The lowest BCUT2D eigenvalue weighted by Gasteiger charge is -2.36. The van der Waals surface area contributed by atoms with E-state index in [1.54, 1.807) is 13.8 Å². The summed E-state index contributed by atoms with van der Waals surface area (Å²) in [5.74, 6) is -1.18. The highest BCUT2D eigenvalue weighted by atomic mass is 16.6. The molecule has 0 aromatic heterocycles. The quantitative estimate of drug-likeness (QED) is 0.436. The summed E-state index contributed by atoms with van der Waals surface area (Å²) in [7, 11) is 0. The number of hydrogen-bond donors (Lipinski definition) is 1. The maximum atomic E-state index is 12.6. The third-order valence-corrected chi connectivity index (χ3v) is 4.84. The number of rotatable bonds is 11. The molecule has 1 rings (SSSR count). The Hall–Kier alpha value is -1.18. The van der Waals surface area contributed by atoms with Crippen LogP contribution in [0.4, 0.5) is 0 Å². The third-order valence-electron chi connectivity index (χ3n) is 4.84. The molecule has 1 aliphatic heterocycles. The first-order valence-electron chi connectivity index (χ1n) is 9.74. The second-order valence-electron chi connectivity index (χ2n) is 6.98. The summed E-state index contributed by atoms with van der Waals surface area (Å²) in [6, 6.07) is 0.513. The van der Waals surface area contributed by atoms with Gasteiger partial charge in [0.25, 0.3) is 5.60 Å². The second-order valence-corrected chi connectivity index (χ2v) is 6.98. The summed E-state index contributed by atoms with van der Waals surface area (Å²) in [6.07, 6.45) is 2.22. The molecular formula is C19H35NO6. The van der Waals surface area contributed by atoms with E-state index in [0.29, 0.717) is 12.6 Å². The maximum absolute atomic E-state index is 12.6. The first-order valence-corrected chi connectivity index (χ1v) is 9.74. The van der Waals surface area contributed by atoms with Gasteiger partial charge in [0.2, 0.25) is 0 Å². The normalized spacial score (nSPS) is 16.7. The predicted octanol–water partition coefficient (Wildman–Crippen LogP) is 1.76. The van der Waals surface area contributed by atoms with E-state index in [4.69, 9.17) is 14.2 Å². The first kappa shape index (κ1) is 22.9. The lowest BCUT2D eigenvalue weighted by Crippen LogP contribution is -2.52.